The van der Waals surface area contributed by atoms with E-state index in [0.717, 1.165) is 31.5 Å². The maximum atomic E-state index is 12.5. The lowest BCUT2D eigenvalue weighted by Gasteiger charge is -2.41. The van der Waals surface area contributed by atoms with E-state index in [1.54, 1.807) is 12.1 Å². The van der Waals surface area contributed by atoms with Gasteiger partial charge in [-0.15, -0.1) is 0 Å². The molecule has 2 heterocycles. The van der Waals surface area contributed by atoms with Gasteiger partial charge >= 0.3 is 0 Å². The van der Waals surface area contributed by atoms with Crippen LogP contribution in [-0.2, 0) is 11.2 Å². The van der Waals surface area contributed by atoms with Crippen molar-refractivity contribution in [2.24, 2.45) is 11.3 Å². The van der Waals surface area contributed by atoms with Gasteiger partial charge in [0.1, 0.15) is 5.75 Å². The zero-order chi connectivity index (χ0) is 14.9. The van der Waals surface area contributed by atoms with Crippen LogP contribution in [-0.4, -0.2) is 53.8 Å². The summed E-state index contributed by atoms with van der Waals surface area (Å²) in [7, 11) is 0. The summed E-state index contributed by atoms with van der Waals surface area (Å²) in [6.45, 7) is 2.60. The van der Waals surface area contributed by atoms with Gasteiger partial charge in [-0.3, -0.25) is 4.79 Å². The highest BCUT2D eigenvalue weighted by Gasteiger charge is 2.47. The quantitative estimate of drug-likeness (QED) is 0.749. The number of nitrogens with zero attached hydrogens (tertiary/aromatic N) is 1. The molecule has 0 saturated carbocycles. The lowest BCUT2D eigenvalue weighted by Crippen LogP contribution is -2.63. The molecule has 21 heavy (non-hydrogen) atoms. The average Bonchev–Trinajstić information content (AvgIpc) is 2.86. The molecule has 1 atom stereocenters. The Balaban J connectivity index is 1.59. The molecule has 114 valence electrons. The first-order valence-electron chi connectivity index (χ1n) is 7.52. The topological polar surface area (TPSA) is 72.8 Å². The molecular formula is C16H22N2O3. The van der Waals surface area contributed by atoms with Crippen molar-refractivity contribution < 1.29 is 15.0 Å². The number of nitrogens with one attached hydrogen (secondary N) is 1. The van der Waals surface area contributed by atoms with Crippen molar-refractivity contribution in [3.63, 3.8) is 0 Å². The summed E-state index contributed by atoms with van der Waals surface area (Å²) >= 11 is 0. The van der Waals surface area contributed by atoms with E-state index >= 15 is 0 Å². The highest BCUT2D eigenvalue weighted by Crippen LogP contribution is 2.29. The minimum atomic E-state index is -0.583. The lowest BCUT2D eigenvalue weighted by atomic mass is 9.81. The summed E-state index contributed by atoms with van der Waals surface area (Å²) in [5, 5.41) is 22.1. The number of hydrogen-bond donors (Lipinski definition) is 3. The molecule has 1 aromatic carbocycles. The van der Waals surface area contributed by atoms with Crippen LogP contribution in [0.3, 0.4) is 0 Å². The number of carbonyl (C=O) groups is 1. The van der Waals surface area contributed by atoms with Gasteiger partial charge in [0, 0.05) is 26.2 Å². The fourth-order valence-electron chi connectivity index (χ4n) is 3.29. The number of rotatable bonds is 4. The van der Waals surface area contributed by atoms with E-state index in [0.29, 0.717) is 24.8 Å². The standard InChI is InChI=1S/C16H22N2O3/c19-11-16(9-17-10-16)15(21)18-5-4-13(8-18)6-12-2-1-3-14(20)7-12/h1-3,7,13,17,19-20H,4-6,8-11H2. The third-order valence-corrected chi connectivity index (χ3v) is 4.69. The minimum absolute atomic E-state index is 0.0768. The smallest absolute Gasteiger partial charge is 0.233 e. The summed E-state index contributed by atoms with van der Waals surface area (Å²) in [4.78, 5) is 14.4. The molecule has 5 heteroatoms. The highest BCUT2D eigenvalue weighted by atomic mass is 16.3. The number of phenolic OH excluding ortho intramolecular Hbond substituents is 1. The van der Waals surface area contributed by atoms with Gasteiger partial charge in [0.25, 0.3) is 0 Å². The Morgan fingerprint density at radius 1 is 1.43 bits per heavy atom. The predicted octanol–water partition coefficient (Wildman–Crippen LogP) is 0.365. The molecular weight excluding hydrogens is 268 g/mol. The van der Waals surface area contributed by atoms with Gasteiger partial charge in [0.2, 0.25) is 5.91 Å². The molecule has 0 radical (unpaired) electrons. The molecule has 1 amide bonds. The molecule has 3 N–H and O–H groups in total. The zero-order valence-electron chi connectivity index (χ0n) is 12.1. The Kier molecular flexibility index (Phi) is 3.87. The van der Waals surface area contributed by atoms with Crippen molar-refractivity contribution in [1.29, 1.82) is 0 Å². The number of carbonyl (C=O) groups excluding carboxylic acids is 1. The first kappa shape index (κ1) is 14.4. The predicted molar refractivity (Wildman–Crippen MR) is 78.9 cm³/mol. The number of aliphatic hydroxyl groups is 1. The molecule has 5 nitrogen and oxygen atoms in total. The Morgan fingerprint density at radius 3 is 2.86 bits per heavy atom. The molecule has 2 saturated heterocycles. The van der Waals surface area contributed by atoms with E-state index in [1.807, 2.05) is 17.0 Å². The number of amides is 1. The number of benzene rings is 1. The summed E-state index contributed by atoms with van der Waals surface area (Å²) in [5.41, 5.74) is 0.524. The second kappa shape index (κ2) is 5.66. The first-order valence-corrected chi connectivity index (χ1v) is 7.52. The fourth-order valence-corrected chi connectivity index (χ4v) is 3.29. The second-order valence-corrected chi connectivity index (χ2v) is 6.32. The van der Waals surface area contributed by atoms with Gasteiger partial charge in [-0.25, -0.2) is 0 Å². The van der Waals surface area contributed by atoms with Gasteiger partial charge in [-0.05, 0) is 36.5 Å². The van der Waals surface area contributed by atoms with Crippen molar-refractivity contribution in [2.75, 3.05) is 32.8 Å². The van der Waals surface area contributed by atoms with E-state index in [1.165, 1.54) is 0 Å². The van der Waals surface area contributed by atoms with Crippen LogP contribution in [0.5, 0.6) is 5.75 Å². The number of aliphatic hydroxyl groups excluding tert-OH is 1. The van der Waals surface area contributed by atoms with Gasteiger partial charge < -0.3 is 20.4 Å². The highest BCUT2D eigenvalue weighted by molar-refractivity contribution is 5.84. The number of likely N-dealkylation sites (tertiary alicyclic amines) is 1. The van der Waals surface area contributed by atoms with Crippen LogP contribution >= 0.6 is 0 Å². The maximum Gasteiger partial charge on any atom is 0.233 e. The van der Waals surface area contributed by atoms with Crippen LogP contribution in [0.1, 0.15) is 12.0 Å². The number of hydrogen-bond acceptors (Lipinski definition) is 4. The van der Waals surface area contributed by atoms with Crippen molar-refractivity contribution in [3.05, 3.63) is 29.8 Å². The minimum Gasteiger partial charge on any atom is -0.508 e. The van der Waals surface area contributed by atoms with E-state index < -0.39 is 5.41 Å². The van der Waals surface area contributed by atoms with Gasteiger partial charge in [0.05, 0.1) is 12.0 Å². The summed E-state index contributed by atoms with van der Waals surface area (Å²) in [5.74, 6) is 0.805. The van der Waals surface area contributed by atoms with E-state index in [-0.39, 0.29) is 12.5 Å². The normalized spacial score (nSPS) is 23.9. The zero-order valence-corrected chi connectivity index (χ0v) is 12.1. The molecule has 0 aromatic heterocycles. The molecule has 3 rings (SSSR count). The van der Waals surface area contributed by atoms with Crippen LogP contribution in [0.4, 0.5) is 0 Å². The SMILES string of the molecule is O=C(N1CCC(Cc2cccc(O)c2)C1)C1(CO)CNC1. The van der Waals surface area contributed by atoms with Crippen LogP contribution in [0.25, 0.3) is 0 Å². The average molecular weight is 290 g/mol. The van der Waals surface area contributed by atoms with Crippen LogP contribution < -0.4 is 5.32 Å². The van der Waals surface area contributed by atoms with E-state index in [9.17, 15) is 15.0 Å². The first-order chi connectivity index (χ1) is 10.1. The molecule has 0 spiro atoms. The van der Waals surface area contributed by atoms with Gasteiger partial charge in [0.15, 0.2) is 0 Å². The molecule has 0 aliphatic carbocycles. The maximum absolute atomic E-state index is 12.5. The van der Waals surface area contributed by atoms with Gasteiger partial charge in [-0.1, -0.05) is 12.1 Å². The van der Waals surface area contributed by atoms with Crippen molar-refractivity contribution in [2.45, 2.75) is 12.8 Å². The Bertz CT molecular complexity index is 522. The second-order valence-electron chi connectivity index (χ2n) is 6.32. The summed E-state index contributed by atoms with van der Waals surface area (Å²) in [6, 6.07) is 7.32. The molecule has 0 bridgehead atoms. The van der Waals surface area contributed by atoms with Crippen molar-refractivity contribution in [1.82, 2.24) is 10.2 Å². The van der Waals surface area contributed by atoms with Gasteiger partial charge in [-0.2, -0.15) is 0 Å². The third-order valence-electron chi connectivity index (χ3n) is 4.69. The monoisotopic (exact) mass is 290 g/mol. The summed E-state index contributed by atoms with van der Waals surface area (Å²) < 4.78 is 0. The lowest BCUT2D eigenvalue weighted by molar-refractivity contribution is -0.147. The van der Waals surface area contributed by atoms with Crippen LogP contribution in [0.2, 0.25) is 0 Å². The Hall–Kier alpha value is -1.59. The molecule has 2 fully saturated rings. The molecule has 1 unspecified atom stereocenters. The molecule has 2 aliphatic heterocycles. The van der Waals surface area contributed by atoms with E-state index in [4.69, 9.17) is 0 Å². The summed E-state index contributed by atoms with van der Waals surface area (Å²) in [6.07, 6.45) is 1.86. The number of aromatic hydroxyl groups is 1. The Morgan fingerprint density at radius 2 is 2.24 bits per heavy atom. The molecule has 2 aliphatic rings. The molecule has 1 aromatic rings. The largest absolute Gasteiger partial charge is 0.508 e. The van der Waals surface area contributed by atoms with Crippen molar-refractivity contribution in [3.8, 4) is 5.75 Å². The van der Waals surface area contributed by atoms with Crippen molar-refractivity contribution >= 4 is 5.91 Å². The fraction of sp³-hybridized carbons (Fsp3) is 0.562. The number of phenols is 1. The van der Waals surface area contributed by atoms with Crippen LogP contribution in [0, 0.1) is 11.3 Å². The van der Waals surface area contributed by atoms with E-state index in [2.05, 4.69) is 5.32 Å². The third kappa shape index (κ3) is 2.76. The van der Waals surface area contributed by atoms with Crippen LogP contribution in [0.15, 0.2) is 24.3 Å². The Labute approximate surface area is 124 Å².